The molecule has 0 aromatic heterocycles. The second-order valence-corrected chi connectivity index (χ2v) is 8.16. The second kappa shape index (κ2) is 14.7. The zero-order valence-corrected chi connectivity index (χ0v) is 20.2. The summed E-state index contributed by atoms with van der Waals surface area (Å²) in [5.41, 5.74) is 16.9. The number of carboxylic acid groups (broad SMARTS) is 1. The average Bonchev–Trinajstić information content (AvgIpc) is 2.80. The Hall–Kier alpha value is -3.52. The van der Waals surface area contributed by atoms with Crippen LogP contribution in [0, 0.1) is 0 Å². The van der Waals surface area contributed by atoms with Crippen molar-refractivity contribution in [3.63, 3.8) is 0 Å². The van der Waals surface area contributed by atoms with Crippen molar-refractivity contribution in [2.24, 2.45) is 22.2 Å². The van der Waals surface area contributed by atoms with Gasteiger partial charge in [0.1, 0.15) is 23.9 Å². The Morgan fingerprint density at radius 2 is 1.60 bits per heavy atom. The number of aromatic hydroxyl groups is 1. The van der Waals surface area contributed by atoms with Crippen LogP contribution in [0.1, 0.15) is 25.3 Å². The molecule has 4 atom stereocenters. The molecule has 0 heterocycles. The van der Waals surface area contributed by atoms with E-state index in [1.165, 1.54) is 31.2 Å². The molecule has 1 aromatic carbocycles. The number of guanidine groups is 1. The molecule has 0 spiro atoms. The third kappa shape index (κ3) is 11.0. The fourth-order valence-corrected chi connectivity index (χ4v) is 3.12. The molecule has 35 heavy (non-hydrogen) atoms. The van der Waals surface area contributed by atoms with E-state index >= 15 is 0 Å². The van der Waals surface area contributed by atoms with Gasteiger partial charge in [-0.15, -0.1) is 0 Å². The summed E-state index contributed by atoms with van der Waals surface area (Å²) < 4.78 is 0. The van der Waals surface area contributed by atoms with Crippen molar-refractivity contribution in [1.82, 2.24) is 16.0 Å². The average molecular weight is 512 g/mol. The number of aliphatic carboxylic acids is 1. The Balaban J connectivity index is 2.62. The van der Waals surface area contributed by atoms with E-state index in [0.717, 1.165) is 0 Å². The van der Waals surface area contributed by atoms with Crippen molar-refractivity contribution >= 4 is 42.3 Å². The highest BCUT2D eigenvalue weighted by molar-refractivity contribution is 7.80. The number of thiol groups is 1. The first-order chi connectivity index (χ1) is 16.4. The van der Waals surface area contributed by atoms with Crippen molar-refractivity contribution in [3.05, 3.63) is 29.8 Å². The SMILES string of the molecule is CC(NC(=O)C(CS)NC(=O)C(N)CCCN=C(N)N)C(=O)NC(Cc1ccc(O)cc1)C(=O)O. The van der Waals surface area contributed by atoms with Gasteiger partial charge in [0.15, 0.2) is 5.96 Å². The van der Waals surface area contributed by atoms with Crippen LogP contribution in [0.2, 0.25) is 0 Å². The van der Waals surface area contributed by atoms with Gasteiger partial charge >= 0.3 is 5.97 Å². The molecule has 0 radical (unpaired) electrons. The molecule has 0 bridgehead atoms. The molecule has 13 nitrogen and oxygen atoms in total. The number of carboxylic acids is 1. The Labute approximate surface area is 208 Å². The van der Waals surface area contributed by atoms with Crippen LogP contribution in [-0.4, -0.2) is 76.3 Å². The van der Waals surface area contributed by atoms with Crippen molar-refractivity contribution in [2.45, 2.75) is 50.4 Å². The van der Waals surface area contributed by atoms with Crippen LogP contribution < -0.4 is 33.2 Å². The number of rotatable bonds is 14. The molecule has 0 aliphatic heterocycles. The maximum absolute atomic E-state index is 12.5. The summed E-state index contributed by atoms with van der Waals surface area (Å²) >= 11 is 4.07. The van der Waals surface area contributed by atoms with Crippen molar-refractivity contribution in [2.75, 3.05) is 12.3 Å². The minimum atomic E-state index is -1.26. The lowest BCUT2D eigenvalue weighted by molar-refractivity contribution is -0.142. The smallest absolute Gasteiger partial charge is 0.326 e. The summed E-state index contributed by atoms with van der Waals surface area (Å²) in [6.45, 7) is 1.68. The monoisotopic (exact) mass is 511 g/mol. The standard InChI is InChI=1S/C21H33N7O6S/c1-11(17(30)27-15(20(33)34)9-12-4-6-13(29)7-5-12)26-19(32)16(10-35)28-18(31)14(22)3-2-8-25-21(23)24/h4-7,11,14-16,29,35H,2-3,8-10,22H2,1H3,(H,26,32)(H,27,30)(H,28,31)(H,33,34)(H4,23,24,25). The molecule has 0 fully saturated rings. The van der Waals surface area contributed by atoms with Gasteiger partial charge < -0.3 is 43.4 Å². The molecule has 1 rings (SSSR count). The van der Waals surface area contributed by atoms with Gasteiger partial charge in [-0.1, -0.05) is 12.1 Å². The summed E-state index contributed by atoms with van der Waals surface area (Å²) in [4.78, 5) is 52.7. The van der Waals surface area contributed by atoms with Crippen LogP contribution in [0.15, 0.2) is 29.3 Å². The number of phenolic OH excluding ortho intramolecular Hbond substituents is 1. The van der Waals surface area contributed by atoms with Gasteiger partial charge in [-0.2, -0.15) is 12.6 Å². The quantitative estimate of drug-likeness (QED) is 0.0569. The highest BCUT2D eigenvalue weighted by Crippen LogP contribution is 2.11. The molecule has 1 aromatic rings. The van der Waals surface area contributed by atoms with Crippen LogP contribution >= 0.6 is 12.6 Å². The number of aliphatic imine (C=N–C) groups is 1. The number of nitrogens with one attached hydrogen (secondary N) is 3. The highest BCUT2D eigenvalue weighted by Gasteiger charge is 2.27. The number of nitrogens with zero attached hydrogens (tertiary/aromatic N) is 1. The number of nitrogens with two attached hydrogens (primary N) is 3. The maximum atomic E-state index is 12.5. The largest absolute Gasteiger partial charge is 0.508 e. The van der Waals surface area contributed by atoms with Crippen LogP contribution in [0.4, 0.5) is 0 Å². The first-order valence-electron chi connectivity index (χ1n) is 10.8. The first kappa shape index (κ1) is 29.5. The Morgan fingerprint density at radius 3 is 2.14 bits per heavy atom. The molecule has 11 N–H and O–H groups in total. The molecule has 4 unspecified atom stereocenters. The van der Waals surface area contributed by atoms with E-state index < -0.39 is 47.9 Å². The molecule has 0 saturated carbocycles. The van der Waals surface area contributed by atoms with Crippen LogP contribution in [0.5, 0.6) is 5.75 Å². The zero-order chi connectivity index (χ0) is 26.5. The number of hydrogen-bond donors (Lipinski definition) is 9. The number of phenols is 1. The van der Waals surface area contributed by atoms with Gasteiger partial charge in [-0.25, -0.2) is 4.79 Å². The van der Waals surface area contributed by atoms with Crippen molar-refractivity contribution in [3.8, 4) is 5.75 Å². The van der Waals surface area contributed by atoms with E-state index in [4.69, 9.17) is 17.2 Å². The summed E-state index contributed by atoms with van der Waals surface area (Å²) in [6, 6.07) is 1.54. The summed E-state index contributed by atoms with van der Waals surface area (Å²) in [5, 5.41) is 26.1. The number of hydrogen-bond acceptors (Lipinski definition) is 8. The minimum Gasteiger partial charge on any atom is -0.508 e. The molecule has 0 aliphatic rings. The number of benzene rings is 1. The third-order valence-electron chi connectivity index (χ3n) is 4.86. The lowest BCUT2D eigenvalue weighted by Gasteiger charge is -2.22. The highest BCUT2D eigenvalue weighted by atomic mass is 32.1. The number of carbonyl (C=O) groups is 4. The summed E-state index contributed by atoms with van der Waals surface area (Å²) in [5.74, 6) is -3.37. The zero-order valence-electron chi connectivity index (χ0n) is 19.3. The van der Waals surface area contributed by atoms with Gasteiger partial charge in [0, 0.05) is 18.7 Å². The van der Waals surface area contributed by atoms with E-state index in [1.807, 2.05) is 0 Å². The Morgan fingerprint density at radius 1 is 1.00 bits per heavy atom. The summed E-state index contributed by atoms with van der Waals surface area (Å²) in [7, 11) is 0. The van der Waals surface area contributed by atoms with Crippen molar-refractivity contribution in [1.29, 1.82) is 0 Å². The summed E-state index contributed by atoms with van der Waals surface area (Å²) in [6.07, 6.45) is 0.703. The van der Waals surface area contributed by atoms with Crippen LogP contribution in [0.3, 0.4) is 0 Å². The topological polar surface area (TPSA) is 235 Å². The van der Waals surface area contributed by atoms with Gasteiger partial charge in [0.05, 0.1) is 6.04 Å². The van der Waals surface area contributed by atoms with Crippen LogP contribution in [0.25, 0.3) is 0 Å². The lowest BCUT2D eigenvalue weighted by atomic mass is 10.1. The van der Waals surface area contributed by atoms with Gasteiger partial charge in [-0.05, 0) is 37.5 Å². The van der Waals surface area contributed by atoms with Crippen molar-refractivity contribution < 1.29 is 29.4 Å². The number of carbonyl (C=O) groups excluding carboxylic acids is 3. The third-order valence-corrected chi connectivity index (χ3v) is 5.23. The Bertz CT molecular complexity index is 908. The molecule has 0 saturated heterocycles. The van der Waals surface area contributed by atoms with Gasteiger partial charge in [0.25, 0.3) is 0 Å². The minimum absolute atomic E-state index is 0.0266. The maximum Gasteiger partial charge on any atom is 0.326 e. The Kier molecular flexibility index (Phi) is 12.4. The fraction of sp³-hybridized carbons (Fsp3) is 0.476. The molecule has 0 aliphatic carbocycles. The molecular formula is C21H33N7O6S. The predicted molar refractivity (Wildman–Crippen MR) is 133 cm³/mol. The second-order valence-electron chi connectivity index (χ2n) is 7.80. The van der Waals surface area contributed by atoms with E-state index in [-0.39, 0.29) is 30.3 Å². The van der Waals surface area contributed by atoms with E-state index in [1.54, 1.807) is 0 Å². The molecule has 14 heteroatoms. The first-order valence-corrected chi connectivity index (χ1v) is 11.4. The van der Waals surface area contributed by atoms with Crippen LogP contribution in [-0.2, 0) is 25.6 Å². The fourth-order valence-electron chi connectivity index (χ4n) is 2.87. The lowest BCUT2D eigenvalue weighted by Crippen LogP contribution is -2.57. The van der Waals surface area contributed by atoms with E-state index in [2.05, 4.69) is 33.6 Å². The molecular weight excluding hydrogens is 478 g/mol. The predicted octanol–water partition coefficient (Wildman–Crippen LogP) is -2.20. The van der Waals surface area contributed by atoms with Gasteiger partial charge in [-0.3, -0.25) is 19.4 Å². The van der Waals surface area contributed by atoms with Gasteiger partial charge in [0.2, 0.25) is 17.7 Å². The molecule has 3 amide bonds. The molecule has 194 valence electrons. The van der Waals surface area contributed by atoms with E-state index in [0.29, 0.717) is 18.5 Å². The normalized spacial score (nSPS) is 14.0. The van der Waals surface area contributed by atoms with E-state index in [9.17, 15) is 29.4 Å². The number of amides is 3.